The van der Waals surface area contributed by atoms with Gasteiger partial charge in [-0.15, -0.1) is 11.8 Å². The molecule has 20 heteroatoms. The average molecular weight is 1200 g/mol. The highest BCUT2D eigenvalue weighted by Crippen LogP contribution is 2.44. The summed E-state index contributed by atoms with van der Waals surface area (Å²) >= 11 is 1.71. The predicted octanol–water partition coefficient (Wildman–Crippen LogP) is 11.6. The Morgan fingerprint density at radius 2 is 1.49 bits per heavy atom. The molecule has 2 N–H and O–H groups in total. The molecule has 3 aromatic carbocycles. The number of thioether (sulfide) groups is 1. The highest BCUT2D eigenvalue weighted by atomic mass is 32.2. The van der Waals surface area contributed by atoms with Crippen LogP contribution in [0.1, 0.15) is 170 Å². The second-order valence-electron chi connectivity index (χ2n) is 25.4. The summed E-state index contributed by atoms with van der Waals surface area (Å²) in [5, 5.41) is 15.2. The van der Waals surface area contributed by atoms with Crippen molar-refractivity contribution in [3.8, 4) is 23.0 Å². The second kappa shape index (κ2) is 28.4. The molecular weight excluding hydrogens is 1110 g/mol. The van der Waals surface area contributed by atoms with Gasteiger partial charge in [0.2, 0.25) is 11.8 Å². The van der Waals surface area contributed by atoms with Gasteiger partial charge in [-0.1, -0.05) is 102 Å². The van der Waals surface area contributed by atoms with Crippen molar-refractivity contribution in [1.29, 1.82) is 0 Å². The molecule has 4 atom stereocenters. The smallest absolute Gasteiger partial charge is 0.416 e. The van der Waals surface area contributed by atoms with Gasteiger partial charge in [0, 0.05) is 55.3 Å². The van der Waals surface area contributed by atoms with E-state index in [1.54, 1.807) is 67.4 Å². The van der Waals surface area contributed by atoms with Crippen molar-refractivity contribution in [2.24, 2.45) is 15.8 Å². The summed E-state index contributed by atoms with van der Waals surface area (Å²) in [6.45, 7) is 16.4. The molecule has 1 aliphatic carbocycles. The largest absolute Gasteiger partial charge is 0.493 e. The molecule has 1 unspecified atom stereocenters. The van der Waals surface area contributed by atoms with Gasteiger partial charge >= 0.3 is 13.5 Å². The zero-order chi connectivity index (χ0) is 61.3. The van der Waals surface area contributed by atoms with Crippen molar-refractivity contribution < 1.29 is 57.6 Å². The van der Waals surface area contributed by atoms with Crippen LogP contribution in [0.25, 0.3) is 0 Å². The lowest BCUT2D eigenvalue weighted by Crippen LogP contribution is -2.50. The van der Waals surface area contributed by atoms with Gasteiger partial charge in [-0.2, -0.15) is 0 Å². The lowest BCUT2D eigenvalue weighted by atomic mass is 9.78. The Kier molecular flexibility index (Phi) is 21.0. The number of benzene rings is 3. The minimum absolute atomic E-state index is 0.0561. The number of hydrogen-bond acceptors (Lipinski definition) is 15. The number of methoxy groups -OCH3 is 2. The van der Waals surface area contributed by atoms with Crippen molar-refractivity contribution in [2.75, 3.05) is 57.2 Å². The lowest BCUT2D eigenvalue weighted by molar-refractivity contribution is -0.138. The number of rotatable bonds is 25. The van der Waals surface area contributed by atoms with Crippen LogP contribution in [-0.2, 0) is 25.7 Å². The number of unbranched alkanes of at least 4 members (excludes halogenated alkanes) is 2. The van der Waals surface area contributed by atoms with E-state index >= 15 is 0 Å². The molecule has 0 aromatic heterocycles. The van der Waals surface area contributed by atoms with Gasteiger partial charge in [0.25, 0.3) is 11.8 Å². The van der Waals surface area contributed by atoms with Crippen molar-refractivity contribution >= 4 is 77.9 Å². The van der Waals surface area contributed by atoms with Crippen LogP contribution >= 0.6 is 11.8 Å². The number of fused-ring (bicyclic) bond motifs is 4. The Morgan fingerprint density at radius 3 is 2.21 bits per heavy atom. The van der Waals surface area contributed by atoms with Gasteiger partial charge in [0.15, 0.2) is 29.2 Å². The number of ether oxygens (including phenoxy) is 5. The first-order chi connectivity index (χ1) is 41.2. The topological polar surface area (TPSA) is 206 Å². The highest BCUT2D eigenvalue weighted by Gasteiger charge is 2.47. The third-order valence-electron chi connectivity index (χ3n) is 17.7. The molecule has 5 aliphatic heterocycles. The molecule has 9 rings (SSSR count). The standard InChI is InChI=1S/C66H86BN6O12S/c1-9-43-31-46-37-68-50-34-55(53(81-7)32-48(50)60(76)71(46)39-43)85-41-66(5,6)26-25-65(3,4)27-29-83-56-35-51-49(33-54(56)82-8)61(77)72-38-42(2)30-52(72)62(78)73(51)64(80)84-40-44-21-23-45(24-22-44)69-67-58(74)20-16-13-17-28-70-59(75)36-57(63(70)79)86-47-18-14-11-10-12-15-19-47/h9,21-24,32-35,37,46-47,52,57,62,69,78H,2,10-20,25-31,36,38-41H2,1,3-8H3/b43-9+/t46-,52-,57?,62-/m0/s1. The number of nitrogens with one attached hydrogen (secondary N) is 1. The number of anilines is 2. The van der Waals surface area contributed by atoms with Crippen LogP contribution in [0.4, 0.5) is 21.9 Å². The molecule has 1 saturated carbocycles. The lowest BCUT2D eigenvalue weighted by Gasteiger charge is -2.32. The number of allylic oxidation sites excluding steroid dienone is 1. The maximum absolute atomic E-state index is 14.3. The number of amides is 5. The van der Waals surface area contributed by atoms with Crippen LogP contribution < -0.4 is 29.1 Å². The van der Waals surface area contributed by atoms with E-state index in [-0.39, 0.29) is 95.1 Å². The summed E-state index contributed by atoms with van der Waals surface area (Å²) in [6.07, 6.45) is 15.9. The zero-order valence-electron chi connectivity index (χ0n) is 51.3. The number of imide groups is 1. The Labute approximate surface area is 512 Å². The molecule has 1 radical (unpaired) electrons. The number of aliphatic hydroxyl groups is 1. The summed E-state index contributed by atoms with van der Waals surface area (Å²) in [4.78, 5) is 91.6. The molecule has 5 heterocycles. The Balaban J connectivity index is 0.750. The first-order valence-corrected chi connectivity index (χ1v) is 31.7. The van der Waals surface area contributed by atoms with E-state index in [0.717, 1.165) is 42.6 Å². The van der Waals surface area contributed by atoms with Gasteiger partial charge in [-0.25, -0.2) is 9.69 Å². The van der Waals surface area contributed by atoms with Crippen LogP contribution in [0.3, 0.4) is 0 Å². The van der Waals surface area contributed by atoms with Gasteiger partial charge in [-0.3, -0.25) is 29.1 Å². The van der Waals surface area contributed by atoms with Crippen molar-refractivity contribution in [3.63, 3.8) is 0 Å². The summed E-state index contributed by atoms with van der Waals surface area (Å²) in [5.41, 5.74) is 4.04. The van der Waals surface area contributed by atoms with Crippen molar-refractivity contribution in [1.82, 2.24) is 14.7 Å². The van der Waals surface area contributed by atoms with E-state index in [2.05, 4.69) is 45.6 Å². The average Bonchev–Trinajstić information content (AvgIpc) is 1.86. The quantitative estimate of drug-likeness (QED) is 0.0350. The molecule has 5 amide bonds. The molecule has 86 heavy (non-hydrogen) atoms. The number of aliphatic hydroxyl groups excluding tert-OH is 1. The highest BCUT2D eigenvalue weighted by molar-refractivity contribution is 8.01. The molecule has 6 aliphatic rings. The van der Waals surface area contributed by atoms with Crippen LogP contribution in [0.15, 0.2) is 77.3 Å². The maximum atomic E-state index is 14.3. The van der Waals surface area contributed by atoms with E-state index in [1.165, 1.54) is 62.0 Å². The van der Waals surface area contributed by atoms with E-state index in [9.17, 15) is 33.9 Å². The van der Waals surface area contributed by atoms with E-state index in [4.69, 9.17) is 28.7 Å². The fraction of sp³-hybridized carbons (Fsp3) is 0.561. The normalized spacial score (nSPS) is 21.3. The fourth-order valence-corrected chi connectivity index (χ4v) is 13.8. The van der Waals surface area contributed by atoms with Crippen LogP contribution in [0, 0.1) is 10.8 Å². The Morgan fingerprint density at radius 1 is 0.802 bits per heavy atom. The molecule has 18 nitrogen and oxygen atoms in total. The zero-order valence-corrected chi connectivity index (χ0v) is 52.1. The first-order valence-electron chi connectivity index (χ1n) is 30.8. The third-order valence-corrected chi connectivity index (χ3v) is 19.3. The fourth-order valence-electron chi connectivity index (χ4n) is 12.2. The maximum Gasteiger partial charge on any atom is 0.416 e. The molecule has 4 fully saturated rings. The van der Waals surface area contributed by atoms with Crippen LogP contribution in [-0.4, -0.2) is 145 Å². The van der Waals surface area contributed by atoms with Crippen LogP contribution in [0.5, 0.6) is 23.0 Å². The predicted molar refractivity (Wildman–Crippen MR) is 335 cm³/mol. The molecule has 0 spiro atoms. The molecule has 3 saturated heterocycles. The SMILES string of the molecule is C=C1C[C@H]2[C@H](O)N(C(=O)OCc3ccc(N[B]C(=O)CCCCCN4C(=O)CC(SC5CCCCCCC5)C4=O)cc3)c3cc(OCCC(C)(C)CCC(C)(C)COc4cc5c(cc4OC)C(=O)N4C/C(=C/C)C[C@H]4C=N5)c(OC)cc3C(=O)N2C1. The second-order valence-corrected chi connectivity index (χ2v) is 26.9. The number of carbonyl (C=O) groups excluding carboxylic acids is 6. The Hall–Kier alpha value is -6.80. The van der Waals surface area contributed by atoms with Gasteiger partial charge in [-0.05, 0) is 112 Å². The number of hydrogen-bond donors (Lipinski definition) is 2. The molecule has 3 aromatic rings. The molecule has 0 bridgehead atoms. The summed E-state index contributed by atoms with van der Waals surface area (Å²) in [5.74, 6) is 0.968. The van der Waals surface area contributed by atoms with Crippen molar-refractivity contribution in [3.05, 3.63) is 89.0 Å². The summed E-state index contributed by atoms with van der Waals surface area (Å²) < 4.78 is 30.3. The minimum Gasteiger partial charge on any atom is -0.493 e. The number of carbonyl (C=O) groups is 6. The van der Waals surface area contributed by atoms with E-state index in [1.807, 2.05) is 18.0 Å². The first kappa shape index (κ1) is 63.7. The molecule has 461 valence electrons. The van der Waals surface area contributed by atoms with Gasteiger partial charge in [0.1, 0.15) is 12.3 Å². The Bertz CT molecular complexity index is 3070. The number of likely N-dealkylation sites (tertiary alicyclic amines) is 1. The van der Waals surface area contributed by atoms with E-state index < -0.39 is 24.3 Å². The van der Waals surface area contributed by atoms with Gasteiger partial charge < -0.3 is 48.6 Å². The van der Waals surface area contributed by atoms with Gasteiger partial charge in [0.05, 0.1) is 67.3 Å². The summed E-state index contributed by atoms with van der Waals surface area (Å²) in [6, 6.07) is 12.8. The number of aliphatic imine (C=N–C) groups is 1. The van der Waals surface area contributed by atoms with E-state index in [0.29, 0.717) is 96.8 Å². The van der Waals surface area contributed by atoms with Crippen LogP contribution in [0.2, 0.25) is 0 Å². The van der Waals surface area contributed by atoms with Crippen molar-refractivity contribution in [2.45, 2.75) is 179 Å². The third kappa shape index (κ3) is 15.5. The monoisotopic (exact) mass is 1200 g/mol. The molecular formula is C66H86BN6O12S. The summed E-state index contributed by atoms with van der Waals surface area (Å²) in [7, 11) is 4.48. The number of nitrogens with zero attached hydrogens (tertiary/aromatic N) is 5. The minimum atomic E-state index is -1.48.